The Hall–Kier alpha value is -2.81. The molecule has 0 spiro atoms. The fourth-order valence-electron chi connectivity index (χ4n) is 2.64. The smallest absolute Gasteiger partial charge is 0.259 e. The third-order valence-electron chi connectivity index (χ3n) is 3.94. The molecule has 0 bridgehead atoms. The number of benzene rings is 2. The number of para-hydroxylation sites is 1. The summed E-state index contributed by atoms with van der Waals surface area (Å²) in [6, 6.07) is 17.5. The van der Waals surface area contributed by atoms with Gasteiger partial charge >= 0.3 is 0 Å². The van der Waals surface area contributed by atoms with Gasteiger partial charge in [-0.05, 0) is 38.0 Å². The summed E-state index contributed by atoms with van der Waals surface area (Å²) < 4.78 is 5.76. The van der Waals surface area contributed by atoms with Gasteiger partial charge in [0.2, 0.25) is 0 Å². The molecule has 1 heterocycles. The van der Waals surface area contributed by atoms with E-state index in [9.17, 15) is 4.79 Å². The lowest BCUT2D eigenvalue weighted by Crippen LogP contribution is -2.14. The van der Waals surface area contributed by atoms with Crippen LogP contribution in [0.5, 0.6) is 0 Å². The van der Waals surface area contributed by atoms with Crippen molar-refractivity contribution >= 4 is 11.6 Å². The predicted octanol–water partition coefficient (Wildman–Crippen LogP) is 5.12. The van der Waals surface area contributed by atoms with Crippen molar-refractivity contribution in [2.24, 2.45) is 0 Å². The number of furan rings is 1. The molecule has 1 N–H and O–H groups in total. The van der Waals surface area contributed by atoms with Gasteiger partial charge in [0.05, 0.1) is 5.56 Å². The van der Waals surface area contributed by atoms with Crippen LogP contribution in [0.2, 0.25) is 0 Å². The Balaban J connectivity index is 1.90. The van der Waals surface area contributed by atoms with Gasteiger partial charge in [-0.1, -0.05) is 48.5 Å². The van der Waals surface area contributed by atoms with Crippen LogP contribution in [0.25, 0.3) is 11.3 Å². The quantitative estimate of drug-likeness (QED) is 0.729. The van der Waals surface area contributed by atoms with Gasteiger partial charge in [-0.3, -0.25) is 4.79 Å². The van der Waals surface area contributed by atoms with Gasteiger partial charge in [0, 0.05) is 11.3 Å². The van der Waals surface area contributed by atoms with Crippen LogP contribution in [-0.2, 0) is 0 Å². The van der Waals surface area contributed by atoms with Crippen molar-refractivity contribution < 1.29 is 9.21 Å². The number of rotatable bonds is 3. The van der Waals surface area contributed by atoms with Crippen LogP contribution in [0.3, 0.4) is 0 Å². The lowest BCUT2D eigenvalue weighted by molar-refractivity contribution is 0.102. The van der Waals surface area contributed by atoms with E-state index in [-0.39, 0.29) is 5.91 Å². The Morgan fingerprint density at radius 1 is 0.913 bits per heavy atom. The number of amides is 1. The first kappa shape index (κ1) is 15.1. The van der Waals surface area contributed by atoms with Crippen LogP contribution in [-0.4, -0.2) is 5.91 Å². The van der Waals surface area contributed by atoms with E-state index < -0.39 is 0 Å². The SMILES string of the molecule is Cc1cccc(C)c1NC(=O)c1cc(-c2ccccc2)oc1C. The molecule has 2 aromatic carbocycles. The van der Waals surface area contributed by atoms with E-state index in [1.807, 2.05) is 69.3 Å². The Labute approximate surface area is 136 Å². The van der Waals surface area contributed by atoms with Crippen LogP contribution in [0.15, 0.2) is 59.0 Å². The second-order valence-corrected chi connectivity index (χ2v) is 5.67. The number of hydrogen-bond acceptors (Lipinski definition) is 2. The average molecular weight is 305 g/mol. The topological polar surface area (TPSA) is 42.2 Å². The van der Waals surface area contributed by atoms with Crippen molar-refractivity contribution in [1.29, 1.82) is 0 Å². The van der Waals surface area contributed by atoms with Gasteiger partial charge in [0.25, 0.3) is 5.91 Å². The largest absolute Gasteiger partial charge is 0.461 e. The van der Waals surface area contributed by atoms with E-state index in [1.165, 1.54) is 0 Å². The van der Waals surface area contributed by atoms with Gasteiger partial charge in [-0.25, -0.2) is 0 Å². The molecule has 3 aromatic rings. The predicted molar refractivity (Wildman–Crippen MR) is 92.8 cm³/mol. The summed E-state index contributed by atoms with van der Waals surface area (Å²) >= 11 is 0. The van der Waals surface area contributed by atoms with Gasteiger partial charge in [-0.2, -0.15) is 0 Å². The van der Waals surface area contributed by atoms with Gasteiger partial charge in [0.1, 0.15) is 11.5 Å². The van der Waals surface area contributed by atoms with E-state index in [4.69, 9.17) is 4.42 Å². The molecule has 0 saturated carbocycles. The number of carbonyl (C=O) groups excluding carboxylic acids is 1. The number of nitrogens with one attached hydrogen (secondary N) is 1. The number of anilines is 1. The summed E-state index contributed by atoms with van der Waals surface area (Å²) in [5.41, 5.74) is 4.47. The fraction of sp³-hybridized carbons (Fsp3) is 0.150. The second-order valence-electron chi connectivity index (χ2n) is 5.67. The van der Waals surface area contributed by atoms with Gasteiger partial charge in [-0.15, -0.1) is 0 Å². The lowest BCUT2D eigenvalue weighted by atomic mass is 10.1. The maximum Gasteiger partial charge on any atom is 0.259 e. The second kappa shape index (κ2) is 6.13. The molecule has 0 aliphatic carbocycles. The molecule has 0 aliphatic heterocycles. The first-order valence-corrected chi connectivity index (χ1v) is 7.59. The van der Waals surface area contributed by atoms with Crippen molar-refractivity contribution in [2.45, 2.75) is 20.8 Å². The maximum absolute atomic E-state index is 12.6. The summed E-state index contributed by atoms with van der Waals surface area (Å²) in [5.74, 6) is 1.17. The Morgan fingerprint density at radius 3 is 2.22 bits per heavy atom. The highest BCUT2D eigenvalue weighted by atomic mass is 16.3. The first-order valence-electron chi connectivity index (χ1n) is 7.59. The minimum Gasteiger partial charge on any atom is -0.461 e. The Kier molecular flexibility index (Phi) is 4.02. The van der Waals surface area contributed by atoms with Crippen LogP contribution in [0.4, 0.5) is 5.69 Å². The number of hydrogen-bond donors (Lipinski definition) is 1. The zero-order valence-electron chi connectivity index (χ0n) is 13.5. The molecule has 0 radical (unpaired) electrons. The van der Waals surface area contributed by atoms with Gasteiger partial charge in [0.15, 0.2) is 0 Å². The molecule has 0 unspecified atom stereocenters. The molecule has 3 nitrogen and oxygen atoms in total. The summed E-state index contributed by atoms with van der Waals surface area (Å²) in [7, 11) is 0. The maximum atomic E-state index is 12.6. The third-order valence-corrected chi connectivity index (χ3v) is 3.94. The van der Waals surface area contributed by atoms with Crippen LogP contribution >= 0.6 is 0 Å². The van der Waals surface area contributed by atoms with Crippen LogP contribution in [0.1, 0.15) is 27.2 Å². The van der Waals surface area contributed by atoms with Crippen LogP contribution in [0, 0.1) is 20.8 Å². The van der Waals surface area contributed by atoms with Crippen LogP contribution < -0.4 is 5.32 Å². The summed E-state index contributed by atoms with van der Waals surface area (Å²) in [6.07, 6.45) is 0. The highest BCUT2D eigenvalue weighted by Crippen LogP contribution is 2.27. The van der Waals surface area contributed by atoms with E-state index in [1.54, 1.807) is 6.07 Å². The van der Waals surface area contributed by atoms with E-state index >= 15 is 0 Å². The highest BCUT2D eigenvalue weighted by molar-refractivity contribution is 6.06. The molecule has 1 aromatic heterocycles. The van der Waals surface area contributed by atoms with Crippen molar-refractivity contribution in [3.63, 3.8) is 0 Å². The normalized spacial score (nSPS) is 10.6. The standard InChI is InChI=1S/C20H19NO2/c1-13-8-7-9-14(2)19(13)21-20(22)17-12-18(23-15(17)3)16-10-5-4-6-11-16/h4-12H,1-3H3,(H,21,22). The minimum absolute atomic E-state index is 0.147. The number of aryl methyl sites for hydroxylation is 3. The Morgan fingerprint density at radius 2 is 1.57 bits per heavy atom. The zero-order chi connectivity index (χ0) is 16.4. The number of carbonyl (C=O) groups is 1. The van der Waals surface area contributed by atoms with E-state index in [0.717, 1.165) is 22.4 Å². The summed E-state index contributed by atoms with van der Waals surface area (Å²) in [6.45, 7) is 5.78. The molecule has 116 valence electrons. The van der Waals surface area contributed by atoms with Crippen molar-refractivity contribution in [3.8, 4) is 11.3 Å². The van der Waals surface area contributed by atoms with E-state index in [2.05, 4.69) is 5.32 Å². The molecule has 3 heteroatoms. The minimum atomic E-state index is -0.147. The summed E-state index contributed by atoms with van der Waals surface area (Å²) in [4.78, 5) is 12.6. The molecule has 0 atom stereocenters. The highest BCUT2D eigenvalue weighted by Gasteiger charge is 2.17. The van der Waals surface area contributed by atoms with Crippen molar-refractivity contribution in [1.82, 2.24) is 0 Å². The summed E-state index contributed by atoms with van der Waals surface area (Å²) in [5, 5.41) is 3.00. The third kappa shape index (κ3) is 3.04. The fourth-order valence-corrected chi connectivity index (χ4v) is 2.64. The molecule has 0 saturated heterocycles. The average Bonchev–Trinajstić information content (AvgIpc) is 2.94. The molecular weight excluding hydrogens is 286 g/mol. The first-order chi connectivity index (χ1) is 11.1. The lowest BCUT2D eigenvalue weighted by Gasteiger charge is -2.10. The molecule has 0 fully saturated rings. The molecule has 3 rings (SSSR count). The monoisotopic (exact) mass is 305 g/mol. The van der Waals surface area contributed by atoms with Crippen molar-refractivity contribution in [3.05, 3.63) is 77.0 Å². The van der Waals surface area contributed by atoms with Crippen molar-refractivity contribution in [2.75, 3.05) is 5.32 Å². The molecule has 1 amide bonds. The molecular formula is C20H19NO2. The molecule has 23 heavy (non-hydrogen) atoms. The zero-order valence-corrected chi connectivity index (χ0v) is 13.5. The van der Waals surface area contributed by atoms with Gasteiger partial charge < -0.3 is 9.73 Å². The Bertz CT molecular complexity index is 827. The van der Waals surface area contributed by atoms with E-state index in [0.29, 0.717) is 17.1 Å². The molecule has 0 aliphatic rings.